The van der Waals surface area contributed by atoms with Crippen LogP contribution in [0, 0.1) is 17.5 Å². The molecule has 2 aliphatic rings. The highest BCUT2D eigenvalue weighted by atomic mass is 35.5. The van der Waals surface area contributed by atoms with Crippen LogP contribution >= 0.6 is 24.0 Å². The van der Waals surface area contributed by atoms with Gasteiger partial charge in [0.1, 0.15) is 5.82 Å². The molecule has 12 heteroatoms. The SMILES string of the molecule is C[C@@H]1C[C@H](N2C(=O)C[C@@](C)(c3cccc(NC(=O)c4cc(F)c(F)cc4F)c3Cl)N=C2N)CCO1.Cl. The van der Waals surface area contributed by atoms with E-state index in [1.807, 2.05) is 6.92 Å². The van der Waals surface area contributed by atoms with E-state index in [2.05, 4.69) is 10.3 Å². The van der Waals surface area contributed by atoms with Crippen molar-refractivity contribution in [2.24, 2.45) is 10.7 Å². The Hall–Kier alpha value is -2.82. The highest BCUT2D eigenvalue weighted by molar-refractivity contribution is 6.35. The molecule has 4 rings (SSSR count). The third-order valence-electron chi connectivity index (χ3n) is 6.28. The topological polar surface area (TPSA) is 97.0 Å². The number of aliphatic imine (C=N–C) groups is 1. The molecule has 2 aromatic carbocycles. The zero-order valence-corrected chi connectivity index (χ0v) is 21.1. The monoisotopic (exact) mass is 544 g/mol. The predicted molar refractivity (Wildman–Crippen MR) is 132 cm³/mol. The molecular weight excluding hydrogens is 520 g/mol. The van der Waals surface area contributed by atoms with Crippen LogP contribution in [0.15, 0.2) is 35.3 Å². The number of amides is 2. The van der Waals surface area contributed by atoms with Crippen LogP contribution in [0.2, 0.25) is 5.02 Å². The fraction of sp³-hybridized carbons (Fsp3) is 0.375. The number of guanidine groups is 1. The normalized spacial score (nSPS) is 24.1. The van der Waals surface area contributed by atoms with Crippen LogP contribution in [-0.4, -0.2) is 41.4 Å². The van der Waals surface area contributed by atoms with Crippen molar-refractivity contribution >= 4 is 47.5 Å². The van der Waals surface area contributed by atoms with Crippen LogP contribution in [-0.2, 0) is 15.1 Å². The van der Waals surface area contributed by atoms with Crippen molar-refractivity contribution in [2.75, 3.05) is 11.9 Å². The first-order valence-corrected chi connectivity index (χ1v) is 11.4. The third kappa shape index (κ3) is 5.30. The summed E-state index contributed by atoms with van der Waals surface area (Å²) in [6.07, 6.45) is 1.26. The lowest BCUT2D eigenvalue weighted by Gasteiger charge is -2.41. The number of hydrogen-bond donors (Lipinski definition) is 2. The molecule has 0 spiro atoms. The molecule has 0 saturated carbocycles. The molecule has 0 bridgehead atoms. The van der Waals surface area contributed by atoms with Crippen molar-refractivity contribution in [3.8, 4) is 0 Å². The van der Waals surface area contributed by atoms with Gasteiger partial charge in [-0.3, -0.25) is 14.5 Å². The van der Waals surface area contributed by atoms with Crippen LogP contribution in [0.5, 0.6) is 0 Å². The number of benzene rings is 2. The molecule has 2 aliphatic heterocycles. The summed E-state index contributed by atoms with van der Waals surface area (Å²) in [5.74, 6) is -5.16. The summed E-state index contributed by atoms with van der Waals surface area (Å²) in [6.45, 7) is 4.15. The first-order chi connectivity index (χ1) is 16.5. The van der Waals surface area contributed by atoms with E-state index in [0.717, 1.165) is 0 Å². The number of anilines is 1. The lowest BCUT2D eigenvalue weighted by Crippen LogP contribution is -2.56. The summed E-state index contributed by atoms with van der Waals surface area (Å²) in [7, 11) is 0. The van der Waals surface area contributed by atoms with Gasteiger partial charge in [-0.1, -0.05) is 23.7 Å². The molecule has 0 aliphatic carbocycles. The minimum Gasteiger partial charge on any atom is -0.378 e. The van der Waals surface area contributed by atoms with Gasteiger partial charge >= 0.3 is 0 Å². The van der Waals surface area contributed by atoms with Crippen LogP contribution in [0.25, 0.3) is 0 Å². The Morgan fingerprint density at radius 2 is 1.94 bits per heavy atom. The Morgan fingerprint density at radius 3 is 2.61 bits per heavy atom. The third-order valence-corrected chi connectivity index (χ3v) is 6.68. The van der Waals surface area contributed by atoms with Crippen LogP contribution in [0.3, 0.4) is 0 Å². The molecule has 194 valence electrons. The van der Waals surface area contributed by atoms with Gasteiger partial charge in [-0.15, -0.1) is 12.4 Å². The van der Waals surface area contributed by atoms with E-state index in [0.29, 0.717) is 37.1 Å². The minimum atomic E-state index is -1.41. The number of hydrogen-bond acceptors (Lipinski definition) is 5. The first kappa shape index (κ1) is 27.8. The van der Waals surface area contributed by atoms with Crippen molar-refractivity contribution < 1.29 is 27.5 Å². The van der Waals surface area contributed by atoms with Crippen molar-refractivity contribution in [1.82, 2.24) is 4.90 Å². The Bertz CT molecular complexity index is 1230. The average Bonchev–Trinajstić information content (AvgIpc) is 2.77. The average molecular weight is 545 g/mol. The number of nitrogens with two attached hydrogens (primary N) is 1. The van der Waals surface area contributed by atoms with Gasteiger partial charge in [0.15, 0.2) is 17.6 Å². The fourth-order valence-electron chi connectivity index (χ4n) is 4.54. The zero-order valence-electron chi connectivity index (χ0n) is 19.5. The van der Waals surface area contributed by atoms with E-state index in [1.165, 1.54) is 11.0 Å². The minimum absolute atomic E-state index is 0. The van der Waals surface area contributed by atoms with Gasteiger partial charge in [0.05, 0.1) is 34.3 Å². The van der Waals surface area contributed by atoms with Gasteiger partial charge in [0.25, 0.3) is 5.91 Å². The number of nitrogens with zero attached hydrogens (tertiary/aromatic N) is 2. The number of halogens is 5. The Morgan fingerprint density at radius 1 is 1.25 bits per heavy atom. The molecule has 2 amide bonds. The second-order valence-corrected chi connectivity index (χ2v) is 9.29. The highest BCUT2D eigenvalue weighted by Gasteiger charge is 2.42. The maximum absolute atomic E-state index is 14.0. The lowest BCUT2D eigenvalue weighted by atomic mass is 9.86. The van der Waals surface area contributed by atoms with Gasteiger partial charge in [-0.25, -0.2) is 18.2 Å². The van der Waals surface area contributed by atoms with Crippen molar-refractivity contribution in [3.05, 3.63) is 63.9 Å². The molecule has 3 atom stereocenters. The molecule has 0 radical (unpaired) electrons. The quantitative estimate of drug-likeness (QED) is 0.542. The molecule has 3 N–H and O–H groups in total. The Kier molecular flexibility index (Phi) is 8.22. The summed E-state index contributed by atoms with van der Waals surface area (Å²) in [6, 6.07) is 5.32. The second kappa shape index (κ2) is 10.7. The number of nitrogens with one attached hydrogen (secondary N) is 1. The van der Waals surface area contributed by atoms with Gasteiger partial charge in [0, 0.05) is 24.3 Å². The number of carbonyl (C=O) groups excluding carboxylic acids is 2. The van der Waals surface area contributed by atoms with E-state index in [4.69, 9.17) is 22.1 Å². The van der Waals surface area contributed by atoms with Gasteiger partial charge in [-0.05, 0) is 38.8 Å². The summed E-state index contributed by atoms with van der Waals surface area (Å²) in [5.41, 5.74) is 4.93. The molecule has 36 heavy (non-hydrogen) atoms. The maximum atomic E-state index is 14.0. The van der Waals surface area contributed by atoms with Crippen molar-refractivity contribution in [3.63, 3.8) is 0 Å². The molecule has 2 aromatic rings. The standard InChI is InChI=1S/C24H24ClF3N4O3.ClH/c1-12-8-13(6-7-35-12)32-20(33)11-24(2,31-23(32)29)15-4-3-5-19(21(15)25)30-22(34)14-9-17(27)18(28)10-16(14)26;/h3-5,9-10,12-13H,6-8,11H2,1-2H3,(H2,29,31)(H,30,34);1H/t12-,13-,24+;/m1./s1. The summed E-state index contributed by atoms with van der Waals surface area (Å²) < 4.78 is 46.3. The zero-order chi connectivity index (χ0) is 25.5. The van der Waals surface area contributed by atoms with E-state index in [1.54, 1.807) is 19.1 Å². The number of ether oxygens (including phenoxy) is 1. The largest absolute Gasteiger partial charge is 0.378 e. The molecule has 1 fully saturated rings. The first-order valence-electron chi connectivity index (χ1n) is 11.0. The lowest BCUT2D eigenvalue weighted by molar-refractivity contribution is -0.133. The molecular formula is C24H25Cl2F3N4O3. The van der Waals surface area contributed by atoms with E-state index < -0.39 is 34.5 Å². The Balaban J connectivity index is 0.00000361. The molecule has 0 aromatic heterocycles. The smallest absolute Gasteiger partial charge is 0.258 e. The van der Waals surface area contributed by atoms with E-state index in [-0.39, 0.29) is 53.6 Å². The van der Waals surface area contributed by atoms with Crippen molar-refractivity contribution in [2.45, 2.75) is 50.8 Å². The van der Waals surface area contributed by atoms with Crippen LogP contribution in [0.4, 0.5) is 18.9 Å². The van der Waals surface area contributed by atoms with Crippen molar-refractivity contribution in [1.29, 1.82) is 0 Å². The number of rotatable bonds is 4. The van der Waals surface area contributed by atoms with Gasteiger partial charge in [-0.2, -0.15) is 0 Å². The Labute approximate surface area is 217 Å². The van der Waals surface area contributed by atoms with Crippen LogP contribution in [0.1, 0.15) is 49.0 Å². The van der Waals surface area contributed by atoms with E-state index in [9.17, 15) is 22.8 Å². The molecule has 2 heterocycles. The molecule has 7 nitrogen and oxygen atoms in total. The fourth-order valence-corrected chi connectivity index (χ4v) is 4.92. The number of carbonyl (C=O) groups is 2. The van der Waals surface area contributed by atoms with Crippen LogP contribution < -0.4 is 11.1 Å². The van der Waals surface area contributed by atoms with Gasteiger partial charge in [0.2, 0.25) is 5.91 Å². The van der Waals surface area contributed by atoms with Gasteiger partial charge < -0.3 is 15.8 Å². The molecule has 1 saturated heterocycles. The maximum Gasteiger partial charge on any atom is 0.258 e. The highest BCUT2D eigenvalue weighted by Crippen LogP contribution is 2.41. The van der Waals surface area contributed by atoms with E-state index >= 15 is 0 Å². The summed E-state index contributed by atoms with van der Waals surface area (Å²) in [4.78, 5) is 31.8. The predicted octanol–water partition coefficient (Wildman–Crippen LogP) is 4.76. The molecule has 0 unspecified atom stereocenters. The summed E-state index contributed by atoms with van der Waals surface area (Å²) in [5, 5.41) is 2.47. The second-order valence-electron chi connectivity index (χ2n) is 8.91. The summed E-state index contributed by atoms with van der Waals surface area (Å²) >= 11 is 6.57.